The molecule has 0 heterocycles. The van der Waals surface area contributed by atoms with Crippen LogP contribution >= 0.6 is 0 Å². The Bertz CT molecular complexity index is 453. The Morgan fingerprint density at radius 3 is 1.38 bits per heavy atom. The Balaban J connectivity index is 3.56. The lowest BCUT2D eigenvalue weighted by Crippen LogP contribution is -2.35. The maximum Gasteiger partial charge on any atom is 0.220 e. The lowest BCUT2D eigenvalue weighted by molar-refractivity contribution is -0.122. The molecule has 0 aromatic carbocycles. The van der Waals surface area contributed by atoms with Crippen molar-refractivity contribution < 1.29 is 9.59 Å². The molecule has 0 saturated heterocycles. The molecule has 0 radical (unpaired) electrons. The van der Waals surface area contributed by atoms with Crippen LogP contribution in [0.5, 0.6) is 0 Å². The third-order valence-corrected chi connectivity index (χ3v) is 6.92. The molecule has 0 aliphatic carbocycles. The number of carbonyl (C=O) groups excluding carboxylic acids is 2. The number of nitrogens with one attached hydrogen (secondary N) is 2. The van der Waals surface area contributed by atoms with Crippen molar-refractivity contribution in [1.82, 2.24) is 10.6 Å². The lowest BCUT2D eigenvalue weighted by Gasteiger charge is -2.17. The summed E-state index contributed by atoms with van der Waals surface area (Å²) in [6.45, 7) is 7.36. The topological polar surface area (TPSA) is 58.2 Å². The molecule has 2 amide bonds. The number of hydrogen-bond donors (Lipinski definition) is 2. The van der Waals surface area contributed by atoms with Gasteiger partial charge < -0.3 is 10.6 Å². The second-order valence-electron chi connectivity index (χ2n) is 10.3. The van der Waals surface area contributed by atoms with Gasteiger partial charge in [0.2, 0.25) is 11.8 Å². The van der Waals surface area contributed by atoms with E-state index in [-0.39, 0.29) is 17.9 Å². The molecule has 0 rings (SSSR count). The van der Waals surface area contributed by atoms with Crippen molar-refractivity contribution in [3.8, 4) is 0 Å². The first-order valence-electron chi connectivity index (χ1n) is 15.2. The summed E-state index contributed by atoms with van der Waals surface area (Å²) in [5.41, 5.74) is 0. The first-order valence-corrected chi connectivity index (χ1v) is 15.2. The van der Waals surface area contributed by atoms with Gasteiger partial charge in [0, 0.05) is 25.4 Å². The molecule has 4 heteroatoms. The predicted octanol–water partition coefficient (Wildman–Crippen LogP) is 8.62. The minimum absolute atomic E-state index is 0.186. The Morgan fingerprint density at radius 2 is 0.941 bits per heavy atom. The minimum atomic E-state index is 0.186. The molecule has 1 atom stereocenters. The molecule has 0 saturated carbocycles. The van der Waals surface area contributed by atoms with Gasteiger partial charge in [0.25, 0.3) is 0 Å². The summed E-state index contributed by atoms with van der Waals surface area (Å²) in [6.07, 6.45) is 27.2. The zero-order valence-corrected chi connectivity index (χ0v) is 23.4. The van der Waals surface area contributed by atoms with Gasteiger partial charge in [0.05, 0.1) is 0 Å². The van der Waals surface area contributed by atoms with E-state index in [0.717, 1.165) is 38.6 Å². The molecule has 34 heavy (non-hydrogen) atoms. The van der Waals surface area contributed by atoms with Crippen LogP contribution in [0.15, 0.2) is 0 Å². The van der Waals surface area contributed by atoms with Crippen molar-refractivity contribution in [1.29, 1.82) is 0 Å². The van der Waals surface area contributed by atoms with E-state index in [4.69, 9.17) is 0 Å². The number of amides is 2. The molecular formula is C30H60N2O2. The minimum Gasteiger partial charge on any atom is -0.356 e. The molecular weight excluding hydrogens is 420 g/mol. The molecule has 0 aliphatic rings. The monoisotopic (exact) mass is 480 g/mol. The van der Waals surface area contributed by atoms with Gasteiger partial charge in [-0.1, -0.05) is 124 Å². The van der Waals surface area contributed by atoms with Crippen LogP contribution in [0.2, 0.25) is 0 Å². The molecule has 0 aliphatic heterocycles. The highest BCUT2D eigenvalue weighted by Crippen LogP contribution is 2.12. The van der Waals surface area contributed by atoms with Gasteiger partial charge >= 0.3 is 0 Å². The van der Waals surface area contributed by atoms with Crippen LogP contribution < -0.4 is 10.6 Å². The van der Waals surface area contributed by atoms with Gasteiger partial charge in [0.15, 0.2) is 0 Å². The Labute approximate surface area is 213 Å². The largest absolute Gasteiger partial charge is 0.356 e. The van der Waals surface area contributed by atoms with Crippen molar-refractivity contribution in [2.24, 2.45) is 0 Å². The van der Waals surface area contributed by atoms with Crippen molar-refractivity contribution in [3.63, 3.8) is 0 Å². The van der Waals surface area contributed by atoms with Crippen molar-refractivity contribution in [3.05, 3.63) is 0 Å². The van der Waals surface area contributed by atoms with Gasteiger partial charge in [-0.2, -0.15) is 0 Å². The molecule has 0 aromatic heterocycles. The number of rotatable bonds is 26. The first kappa shape index (κ1) is 32.9. The van der Waals surface area contributed by atoms with Crippen LogP contribution in [0.4, 0.5) is 0 Å². The molecule has 0 bridgehead atoms. The summed E-state index contributed by atoms with van der Waals surface area (Å²) in [4.78, 5) is 24.3. The smallest absolute Gasteiger partial charge is 0.220 e. The summed E-state index contributed by atoms with van der Waals surface area (Å²) < 4.78 is 0. The second-order valence-corrected chi connectivity index (χ2v) is 10.3. The van der Waals surface area contributed by atoms with E-state index in [1.54, 1.807) is 0 Å². The second kappa shape index (κ2) is 26.5. The average Bonchev–Trinajstić information content (AvgIpc) is 2.83. The molecule has 0 spiro atoms. The Morgan fingerprint density at radius 1 is 0.529 bits per heavy atom. The van der Waals surface area contributed by atoms with E-state index in [0.29, 0.717) is 12.8 Å². The SMILES string of the molecule is CCCCCCCCCCCC(=O)NCCCC(CC)NC(=O)CCCCCCCCCCC. The Kier molecular flexibility index (Phi) is 25.7. The van der Waals surface area contributed by atoms with E-state index >= 15 is 0 Å². The highest BCUT2D eigenvalue weighted by Gasteiger charge is 2.10. The van der Waals surface area contributed by atoms with Gasteiger partial charge in [-0.15, -0.1) is 0 Å². The lowest BCUT2D eigenvalue weighted by atomic mass is 10.1. The van der Waals surface area contributed by atoms with Gasteiger partial charge in [-0.25, -0.2) is 0 Å². The van der Waals surface area contributed by atoms with Crippen LogP contribution in [0, 0.1) is 0 Å². The van der Waals surface area contributed by atoms with Crippen molar-refractivity contribution in [2.75, 3.05) is 6.54 Å². The maximum atomic E-state index is 12.2. The van der Waals surface area contributed by atoms with Crippen molar-refractivity contribution >= 4 is 11.8 Å². The molecule has 0 aromatic rings. The van der Waals surface area contributed by atoms with E-state index in [1.165, 1.54) is 103 Å². The summed E-state index contributed by atoms with van der Waals surface area (Å²) >= 11 is 0. The number of carbonyl (C=O) groups is 2. The third-order valence-electron chi connectivity index (χ3n) is 6.92. The van der Waals surface area contributed by atoms with Gasteiger partial charge in [-0.05, 0) is 32.1 Å². The zero-order chi connectivity index (χ0) is 25.1. The fraction of sp³-hybridized carbons (Fsp3) is 0.933. The predicted molar refractivity (Wildman–Crippen MR) is 148 cm³/mol. The van der Waals surface area contributed by atoms with E-state index in [2.05, 4.69) is 31.4 Å². The Hall–Kier alpha value is -1.06. The van der Waals surface area contributed by atoms with Gasteiger partial charge in [0.1, 0.15) is 0 Å². The highest BCUT2D eigenvalue weighted by atomic mass is 16.2. The fourth-order valence-electron chi connectivity index (χ4n) is 4.54. The van der Waals surface area contributed by atoms with E-state index in [9.17, 15) is 9.59 Å². The molecule has 1 unspecified atom stereocenters. The van der Waals surface area contributed by atoms with Crippen LogP contribution in [-0.2, 0) is 9.59 Å². The van der Waals surface area contributed by atoms with E-state index < -0.39 is 0 Å². The molecule has 0 fully saturated rings. The van der Waals surface area contributed by atoms with Gasteiger partial charge in [-0.3, -0.25) is 9.59 Å². The summed E-state index contributed by atoms with van der Waals surface area (Å²) in [7, 11) is 0. The highest BCUT2D eigenvalue weighted by molar-refractivity contribution is 5.76. The normalized spacial score (nSPS) is 12.0. The summed E-state index contributed by atoms with van der Waals surface area (Å²) in [5.74, 6) is 0.384. The summed E-state index contributed by atoms with van der Waals surface area (Å²) in [6, 6.07) is 0.236. The molecule has 4 nitrogen and oxygen atoms in total. The van der Waals surface area contributed by atoms with Crippen molar-refractivity contribution in [2.45, 2.75) is 174 Å². The zero-order valence-electron chi connectivity index (χ0n) is 23.4. The molecule has 202 valence electrons. The average molecular weight is 481 g/mol. The maximum absolute atomic E-state index is 12.2. The number of hydrogen-bond acceptors (Lipinski definition) is 2. The van der Waals surface area contributed by atoms with Crippen LogP contribution in [-0.4, -0.2) is 24.4 Å². The molecule has 2 N–H and O–H groups in total. The van der Waals surface area contributed by atoms with Crippen LogP contribution in [0.3, 0.4) is 0 Å². The quantitative estimate of drug-likeness (QED) is 0.122. The number of unbranched alkanes of at least 4 members (excludes halogenated alkanes) is 16. The van der Waals surface area contributed by atoms with Crippen LogP contribution in [0.1, 0.15) is 168 Å². The fourth-order valence-corrected chi connectivity index (χ4v) is 4.54. The third kappa shape index (κ3) is 24.1. The van der Waals surface area contributed by atoms with E-state index in [1.807, 2.05) is 0 Å². The summed E-state index contributed by atoms with van der Waals surface area (Å²) in [5, 5.41) is 6.26. The standard InChI is InChI=1S/C30H60N2O2/c1-4-7-9-11-13-15-17-19-21-25-29(33)31-27-23-24-28(6-3)32-30(34)26-22-20-18-16-14-12-10-8-5-2/h28H,4-27H2,1-3H3,(H,31,33)(H,32,34). The van der Waals surface area contributed by atoms with Crippen LogP contribution in [0.25, 0.3) is 0 Å². The first-order chi connectivity index (χ1) is 16.6.